The van der Waals surface area contributed by atoms with Crippen LogP contribution in [-0.4, -0.2) is 58.9 Å². The molecule has 0 aromatic heterocycles. The third-order valence-electron chi connectivity index (χ3n) is 8.62. The van der Waals surface area contributed by atoms with Gasteiger partial charge in [-0.05, 0) is 53.8 Å². The van der Waals surface area contributed by atoms with Crippen molar-refractivity contribution >= 4 is 29.4 Å². The van der Waals surface area contributed by atoms with Gasteiger partial charge in [0, 0.05) is 38.2 Å². The number of halogens is 5. The summed E-state index contributed by atoms with van der Waals surface area (Å²) in [5, 5.41) is 4.88. The van der Waals surface area contributed by atoms with E-state index in [4.69, 9.17) is 0 Å². The van der Waals surface area contributed by atoms with Gasteiger partial charge < -0.3 is 15.1 Å². The Bertz CT molecular complexity index is 1440. The van der Waals surface area contributed by atoms with Crippen molar-refractivity contribution in [3.05, 3.63) is 64.7 Å². The Kier molecular flexibility index (Phi) is 7.48. The van der Waals surface area contributed by atoms with E-state index < -0.39 is 78.4 Å². The van der Waals surface area contributed by atoms with E-state index >= 15 is 0 Å². The van der Waals surface area contributed by atoms with Crippen LogP contribution in [0.15, 0.2) is 36.4 Å². The monoisotopic (exact) mass is 592 g/mol. The van der Waals surface area contributed by atoms with Crippen LogP contribution in [0.3, 0.4) is 0 Å². The van der Waals surface area contributed by atoms with E-state index in [9.17, 15) is 41.1 Å². The lowest BCUT2D eigenvalue weighted by Gasteiger charge is -2.40. The lowest BCUT2D eigenvalue weighted by Crippen LogP contribution is -2.54. The summed E-state index contributed by atoms with van der Waals surface area (Å²) in [5.41, 5.74) is -2.12. The molecule has 1 aliphatic heterocycles. The first-order valence-electron chi connectivity index (χ1n) is 13.6. The van der Waals surface area contributed by atoms with Crippen molar-refractivity contribution in [2.75, 3.05) is 18.9 Å². The van der Waals surface area contributed by atoms with E-state index in [1.807, 2.05) is 0 Å². The molecule has 1 heterocycles. The van der Waals surface area contributed by atoms with Gasteiger partial charge >= 0.3 is 12.2 Å². The van der Waals surface area contributed by atoms with Crippen molar-refractivity contribution in [1.82, 2.24) is 15.1 Å². The molecule has 1 spiro atoms. The van der Waals surface area contributed by atoms with Crippen molar-refractivity contribution < 1.29 is 41.1 Å². The molecule has 8 nitrogen and oxygen atoms in total. The van der Waals surface area contributed by atoms with Gasteiger partial charge in [0.25, 0.3) is 5.91 Å². The summed E-state index contributed by atoms with van der Waals surface area (Å²) in [4.78, 5) is 53.3. The highest BCUT2D eigenvalue weighted by Crippen LogP contribution is 2.50. The van der Waals surface area contributed by atoms with Gasteiger partial charge in [-0.15, -0.1) is 0 Å². The molecule has 2 fully saturated rings. The summed E-state index contributed by atoms with van der Waals surface area (Å²) in [5.74, 6) is -4.49. The summed E-state index contributed by atoms with van der Waals surface area (Å²) in [6, 6.07) is 6.73. The second kappa shape index (κ2) is 10.7. The summed E-state index contributed by atoms with van der Waals surface area (Å²) in [6.45, 7) is -1.41. The number of alkyl halides is 3. The summed E-state index contributed by atoms with van der Waals surface area (Å²) in [7, 11) is 1.52. The van der Waals surface area contributed by atoms with E-state index in [1.165, 1.54) is 11.9 Å². The molecule has 0 bridgehead atoms. The average Bonchev–Trinajstić information content (AvgIpc) is 3.39. The smallest absolute Gasteiger partial charge is 0.328 e. The van der Waals surface area contributed by atoms with E-state index in [2.05, 4.69) is 10.6 Å². The van der Waals surface area contributed by atoms with Gasteiger partial charge in [-0.1, -0.05) is 25.3 Å². The van der Waals surface area contributed by atoms with Gasteiger partial charge in [-0.3, -0.25) is 19.7 Å². The Hall–Kier alpha value is -4.03. The molecular formula is C29H29F5N4O4. The summed E-state index contributed by atoms with van der Waals surface area (Å²) >= 11 is 0. The largest absolute Gasteiger partial charge is 0.403 e. The lowest BCUT2D eigenvalue weighted by atomic mass is 9.72. The zero-order valence-electron chi connectivity index (χ0n) is 22.7. The second-order valence-electron chi connectivity index (χ2n) is 11.3. The van der Waals surface area contributed by atoms with Crippen LogP contribution in [-0.2, 0) is 33.8 Å². The average molecular weight is 593 g/mol. The van der Waals surface area contributed by atoms with Crippen molar-refractivity contribution in [1.29, 1.82) is 0 Å². The Morgan fingerprint density at radius 1 is 0.976 bits per heavy atom. The maximum absolute atomic E-state index is 14.4. The molecule has 3 aliphatic rings. The quantitative estimate of drug-likeness (QED) is 0.382. The van der Waals surface area contributed by atoms with Crippen LogP contribution in [0.5, 0.6) is 0 Å². The fraction of sp³-hybridized carbons (Fsp3) is 0.448. The third-order valence-corrected chi connectivity index (χ3v) is 8.62. The first-order chi connectivity index (χ1) is 19.7. The molecule has 1 atom stereocenters. The minimum Gasteiger partial charge on any atom is -0.328 e. The number of carbonyl (C=O) groups is 4. The minimum atomic E-state index is -4.89. The maximum atomic E-state index is 14.4. The molecule has 0 unspecified atom stereocenters. The number of fused-ring (bicyclic) bond motifs is 1. The fourth-order valence-corrected chi connectivity index (χ4v) is 6.35. The Morgan fingerprint density at radius 2 is 1.62 bits per heavy atom. The fourth-order valence-electron chi connectivity index (χ4n) is 6.35. The number of benzene rings is 2. The van der Waals surface area contributed by atoms with Crippen LogP contribution in [0.1, 0.15) is 48.8 Å². The van der Waals surface area contributed by atoms with E-state index in [-0.39, 0.29) is 36.9 Å². The molecule has 1 saturated heterocycles. The van der Waals surface area contributed by atoms with Gasteiger partial charge in [0.15, 0.2) is 0 Å². The van der Waals surface area contributed by atoms with Crippen LogP contribution in [0.2, 0.25) is 0 Å². The van der Waals surface area contributed by atoms with Crippen molar-refractivity contribution in [3.8, 4) is 0 Å². The number of likely N-dealkylation sites (N-methyl/N-ethyl adjacent to an activating group) is 1. The number of amides is 5. The number of imide groups is 1. The lowest BCUT2D eigenvalue weighted by molar-refractivity contribution is -0.235. The van der Waals surface area contributed by atoms with Crippen LogP contribution in [0.4, 0.5) is 32.4 Å². The van der Waals surface area contributed by atoms with Gasteiger partial charge in [0.05, 0.1) is 0 Å². The van der Waals surface area contributed by atoms with Gasteiger partial charge in [0.2, 0.25) is 11.8 Å². The molecule has 2 N–H and O–H groups in total. The molecule has 5 amide bonds. The van der Waals surface area contributed by atoms with Crippen molar-refractivity contribution in [2.24, 2.45) is 5.41 Å². The molecule has 2 aromatic rings. The first kappa shape index (κ1) is 29.5. The SMILES string of the molecule is CN1C(=O)NC(=O)[C@@]12Cc1ccc(NC(=O)CN(Cc3cc(F)cc(F)c3)C(=O)C3(C(F)(F)F)CCCCC3)cc1C2. The number of hydrogen-bond acceptors (Lipinski definition) is 4. The van der Waals surface area contributed by atoms with Crippen molar-refractivity contribution in [3.63, 3.8) is 0 Å². The molecule has 1 saturated carbocycles. The Labute approximate surface area is 238 Å². The van der Waals surface area contributed by atoms with E-state index in [0.717, 1.165) is 17.7 Å². The molecule has 2 aromatic carbocycles. The Balaban J connectivity index is 1.38. The summed E-state index contributed by atoms with van der Waals surface area (Å²) < 4.78 is 70.9. The first-order valence-corrected chi connectivity index (χ1v) is 13.6. The number of hydrogen-bond donors (Lipinski definition) is 2. The number of urea groups is 1. The number of carbonyl (C=O) groups excluding carboxylic acids is 4. The molecule has 42 heavy (non-hydrogen) atoms. The number of nitrogens with one attached hydrogen (secondary N) is 2. The van der Waals surface area contributed by atoms with Gasteiger partial charge in [0.1, 0.15) is 29.1 Å². The molecule has 2 aliphatic carbocycles. The predicted octanol–water partition coefficient (Wildman–Crippen LogP) is 4.46. The third kappa shape index (κ3) is 5.20. The second-order valence-corrected chi connectivity index (χ2v) is 11.3. The molecule has 13 heteroatoms. The number of anilines is 1. The standard InChI is InChI=1S/C29H29F5N4O4/c1-37-26(42)36-24(40)28(37)13-18-5-6-22(11-19(18)14-28)35-23(39)16-38(15-17-9-20(30)12-21(31)10-17)25(41)27(29(32,33)34)7-3-2-4-8-27/h5-6,9-12H,2-4,7-8,13-16H2,1H3,(H,35,39)(H,36,40,42)/t28-/m0/s1. The Morgan fingerprint density at radius 3 is 2.21 bits per heavy atom. The topological polar surface area (TPSA) is 98.8 Å². The normalized spacial score (nSPS) is 21.3. The van der Waals surface area contributed by atoms with Crippen LogP contribution in [0.25, 0.3) is 0 Å². The highest BCUT2D eigenvalue weighted by molar-refractivity contribution is 6.07. The predicted molar refractivity (Wildman–Crippen MR) is 140 cm³/mol. The van der Waals surface area contributed by atoms with E-state index in [1.54, 1.807) is 18.2 Å². The zero-order valence-corrected chi connectivity index (χ0v) is 22.7. The highest BCUT2D eigenvalue weighted by atomic mass is 19.4. The minimum absolute atomic E-state index is 0.0990. The van der Waals surface area contributed by atoms with Gasteiger partial charge in [-0.25, -0.2) is 13.6 Å². The van der Waals surface area contributed by atoms with Crippen LogP contribution >= 0.6 is 0 Å². The van der Waals surface area contributed by atoms with Crippen molar-refractivity contribution in [2.45, 2.75) is 63.2 Å². The molecule has 224 valence electrons. The highest BCUT2D eigenvalue weighted by Gasteiger charge is 2.61. The molecular weight excluding hydrogens is 563 g/mol. The maximum Gasteiger partial charge on any atom is 0.403 e. The van der Waals surface area contributed by atoms with Crippen LogP contribution in [0, 0.1) is 17.0 Å². The van der Waals surface area contributed by atoms with E-state index in [0.29, 0.717) is 23.0 Å². The zero-order chi connectivity index (χ0) is 30.4. The number of nitrogens with zero attached hydrogens (tertiary/aromatic N) is 2. The van der Waals surface area contributed by atoms with Crippen LogP contribution < -0.4 is 10.6 Å². The molecule has 5 rings (SSSR count). The summed E-state index contributed by atoms with van der Waals surface area (Å²) in [6.07, 6.45) is -4.41. The van der Waals surface area contributed by atoms with Gasteiger partial charge in [-0.2, -0.15) is 13.2 Å². The molecule has 0 radical (unpaired) electrons. The number of rotatable bonds is 6.